The molecule has 0 N–H and O–H groups in total. The van der Waals surface area contributed by atoms with Gasteiger partial charge < -0.3 is 9.80 Å². The molecule has 2 amide bonds. The molecule has 0 saturated heterocycles. The summed E-state index contributed by atoms with van der Waals surface area (Å²) >= 11 is 5.60. The Morgan fingerprint density at radius 1 is 1.29 bits per heavy atom. The minimum absolute atomic E-state index is 0.0215. The molecule has 0 aliphatic heterocycles. The molecule has 1 aromatic rings. The van der Waals surface area contributed by atoms with E-state index in [4.69, 9.17) is 11.6 Å². The van der Waals surface area contributed by atoms with Crippen LogP contribution in [0.4, 0.5) is 13.2 Å². The summed E-state index contributed by atoms with van der Waals surface area (Å²) in [4.78, 5) is 28.8. The third kappa shape index (κ3) is 5.58. The Balaban J connectivity index is 3.00. The Morgan fingerprint density at radius 3 is 2.38 bits per heavy atom. The van der Waals surface area contributed by atoms with Crippen molar-refractivity contribution in [3.05, 3.63) is 29.0 Å². The molecule has 116 valence electrons. The van der Waals surface area contributed by atoms with E-state index in [-0.39, 0.29) is 10.8 Å². The van der Waals surface area contributed by atoms with Gasteiger partial charge in [-0.15, -0.1) is 0 Å². The van der Waals surface area contributed by atoms with Crippen molar-refractivity contribution in [3.63, 3.8) is 0 Å². The highest BCUT2D eigenvalue weighted by Crippen LogP contribution is 2.18. The highest BCUT2D eigenvalue weighted by atomic mass is 35.5. The zero-order valence-corrected chi connectivity index (χ0v) is 12.1. The van der Waals surface area contributed by atoms with Crippen LogP contribution >= 0.6 is 11.6 Å². The van der Waals surface area contributed by atoms with Crippen molar-refractivity contribution in [1.29, 1.82) is 0 Å². The van der Waals surface area contributed by atoms with Gasteiger partial charge in [-0.05, 0) is 12.1 Å². The van der Waals surface area contributed by atoms with E-state index < -0.39 is 31.1 Å². The first-order valence-electron chi connectivity index (χ1n) is 5.79. The molecule has 0 radical (unpaired) electrons. The van der Waals surface area contributed by atoms with Gasteiger partial charge in [-0.1, -0.05) is 17.7 Å². The van der Waals surface area contributed by atoms with Crippen molar-refractivity contribution >= 4 is 23.4 Å². The van der Waals surface area contributed by atoms with Crippen LogP contribution in [0.2, 0.25) is 5.15 Å². The highest BCUT2D eigenvalue weighted by Gasteiger charge is 2.35. The van der Waals surface area contributed by atoms with Crippen LogP contribution in [0.5, 0.6) is 0 Å². The molecule has 0 spiro atoms. The van der Waals surface area contributed by atoms with Crippen molar-refractivity contribution in [2.75, 3.05) is 27.2 Å². The summed E-state index contributed by atoms with van der Waals surface area (Å²) in [5, 5.41) is -0.0215. The Hall–Kier alpha value is -1.83. The molecular formula is C12H13ClF3N3O2. The second-order valence-electron chi connectivity index (χ2n) is 4.41. The fourth-order valence-electron chi connectivity index (χ4n) is 1.41. The smallest absolute Gasteiger partial charge is 0.347 e. The predicted molar refractivity (Wildman–Crippen MR) is 69.9 cm³/mol. The van der Waals surface area contributed by atoms with Crippen molar-refractivity contribution in [2.45, 2.75) is 6.18 Å². The van der Waals surface area contributed by atoms with Crippen molar-refractivity contribution in [1.82, 2.24) is 14.8 Å². The van der Waals surface area contributed by atoms with E-state index in [2.05, 4.69) is 4.98 Å². The number of halogens is 4. The first-order chi connectivity index (χ1) is 9.60. The number of pyridine rings is 1. The highest BCUT2D eigenvalue weighted by molar-refractivity contribution is 6.29. The summed E-state index contributed by atoms with van der Waals surface area (Å²) in [6, 6.07) is 4.01. The molecule has 0 aliphatic carbocycles. The van der Waals surface area contributed by atoms with E-state index in [0.717, 1.165) is 4.90 Å². The number of aromatic nitrogens is 1. The summed E-state index contributed by atoms with van der Waals surface area (Å²) in [5.74, 6) is -1.64. The number of carbonyl (C=O) groups excluding carboxylic acids is 2. The third-order valence-electron chi connectivity index (χ3n) is 2.42. The van der Waals surface area contributed by atoms with Gasteiger partial charge in [0.2, 0.25) is 5.91 Å². The molecule has 0 unspecified atom stereocenters. The maximum atomic E-state index is 12.5. The first kappa shape index (κ1) is 17.2. The van der Waals surface area contributed by atoms with Crippen molar-refractivity contribution in [2.24, 2.45) is 0 Å². The van der Waals surface area contributed by atoms with Gasteiger partial charge in [0, 0.05) is 14.1 Å². The van der Waals surface area contributed by atoms with E-state index in [9.17, 15) is 22.8 Å². The zero-order valence-electron chi connectivity index (χ0n) is 11.3. The van der Waals surface area contributed by atoms with Crippen LogP contribution in [0.1, 0.15) is 10.5 Å². The van der Waals surface area contributed by atoms with E-state index in [0.29, 0.717) is 4.90 Å². The minimum atomic E-state index is -4.62. The van der Waals surface area contributed by atoms with Gasteiger partial charge in [0.1, 0.15) is 23.9 Å². The average Bonchev–Trinajstić information content (AvgIpc) is 2.35. The molecule has 0 bridgehead atoms. The van der Waals surface area contributed by atoms with Crippen molar-refractivity contribution < 1.29 is 22.8 Å². The lowest BCUT2D eigenvalue weighted by atomic mass is 10.3. The largest absolute Gasteiger partial charge is 0.406 e. The molecule has 1 aromatic heterocycles. The van der Waals surface area contributed by atoms with Gasteiger partial charge in [0.25, 0.3) is 5.91 Å². The fraction of sp³-hybridized carbons (Fsp3) is 0.417. The van der Waals surface area contributed by atoms with E-state index in [1.807, 2.05) is 0 Å². The average molecular weight is 324 g/mol. The number of rotatable bonds is 4. The Kier molecular flexibility index (Phi) is 5.54. The Morgan fingerprint density at radius 2 is 1.90 bits per heavy atom. The number of hydrogen-bond donors (Lipinski definition) is 0. The molecule has 0 fully saturated rings. The molecule has 1 rings (SSSR count). The summed E-state index contributed by atoms with van der Waals surface area (Å²) < 4.78 is 37.6. The van der Waals surface area contributed by atoms with Crippen LogP contribution in [0.25, 0.3) is 0 Å². The summed E-state index contributed by atoms with van der Waals surface area (Å²) in [6.07, 6.45) is -4.62. The lowest BCUT2D eigenvalue weighted by Gasteiger charge is -2.24. The van der Waals surface area contributed by atoms with E-state index >= 15 is 0 Å². The maximum Gasteiger partial charge on any atom is 0.406 e. The zero-order chi connectivity index (χ0) is 16.2. The number of hydrogen-bond acceptors (Lipinski definition) is 3. The Labute approximate surface area is 124 Å². The second kappa shape index (κ2) is 6.75. The molecule has 0 aliphatic rings. The molecule has 5 nitrogen and oxygen atoms in total. The molecule has 0 atom stereocenters. The quantitative estimate of drug-likeness (QED) is 0.794. The van der Waals surface area contributed by atoms with Crippen LogP contribution in [-0.4, -0.2) is 60.0 Å². The first-order valence-corrected chi connectivity index (χ1v) is 6.16. The maximum absolute atomic E-state index is 12.5. The van der Waals surface area contributed by atoms with Crippen LogP contribution in [0.15, 0.2) is 18.2 Å². The summed E-state index contributed by atoms with van der Waals surface area (Å²) in [5.41, 5.74) is -0.252. The fourth-order valence-corrected chi connectivity index (χ4v) is 1.57. The lowest BCUT2D eigenvalue weighted by molar-refractivity contribution is -0.146. The summed E-state index contributed by atoms with van der Waals surface area (Å²) in [6.45, 7) is -2.24. The molecule has 0 saturated carbocycles. The molecule has 0 aromatic carbocycles. The van der Waals surface area contributed by atoms with Gasteiger partial charge in [0.15, 0.2) is 0 Å². The van der Waals surface area contributed by atoms with Crippen LogP contribution in [0.3, 0.4) is 0 Å². The second-order valence-corrected chi connectivity index (χ2v) is 4.80. The normalized spacial score (nSPS) is 11.1. The number of amides is 2. The Bertz CT molecular complexity index is 535. The molecular weight excluding hydrogens is 311 g/mol. The standard InChI is InChI=1S/C12H13ClF3N3O2/c1-18(2)10(20)6-19(7-12(14,15)16)11(21)8-4-3-5-9(13)17-8/h3-5H,6-7H2,1-2H3. The SMILES string of the molecule is CN(C)C(=O)CN(CC(F)(F)F)C(=O)c1cccc(Cl)n1. The van der Waals surface area contributed by atoms with Crippen LogP contribution < -0.4 is 0 Å². The number of likely N-dealkylation sites (N-methyl/N-ethyl adjacent to an activating group) is 1. The van der Waals surface area contributed by atoms with Gasteiger partial charge >= 0.3 is 6.18 Å². The molecule has 21 heavy (non-hydrogen) atoms. The lowest BCUT2D eigenvalue weighted by Crippen LogP contribution is -2.45. The number of nitrogens with zero attached hydrogens (tertiary/aromatic N) is 3. The third-order valence-corrected chi connectivity index (χ3v) is 2.63. The monoisotopic (exact) mass is 323 g/mol. The number of carbonyl (C=O) groups is 2. The van der Waals surface area contributed by atoms with Gasteiger partial charge in [-0.3, -0.25) is 9.59 Å². The number of alkyl halides is 3. The van der Waals surface area contributed by atoms with Crippen LogP contribution in [-0.2, 0) is 4.79 Å². The minimum Gasteiger partial charge on any atom is -0.347 e. The van der Waals surface area contributed by atoms with Crippen LogP contribution in [0, 0.1) is 0 Å². The topological polar surface area (TPSA) is 53.5 Å². The van der Waals surface area contributed by atoms with Gasteiger partial charge in [0.05, 0.1) is 0 Å². The van der Waals surface area contributed by atoms with Crippen molar-refractivity contribution in [3.8, 4) is 0 Å². The van der Waals surface area contributed by atoms with E-state index in [1.54, 1.807) is 0 Å². The van der Waals surface area contributed by atoms with Gasteiger partial charge in [-0.2, -0.15) is 13.2 Å². The predicted octanol–water partition coefficient (Wildman–Crippen LogP) is 1.83. The van der Waals surface area contributed by atoms with Gasteiger partial charge in [-0.25, -0.2) is 4.98 Å². The van der Waals surface area contributed by atoms with E-state index in [1.165, 1.54) is 32.3 Å². The molecule has 9 heteroatoms. The summed E-state index contributed by atoms with van der Waals surface area (Å²) in [7, 11) is 2.77. The molecule has 1 heterocycles.